The largest absolute Gasteiger partial charge is 0.383 e. The molecular weight excluding hydrogens is 469 g/mol. The third-order valence-electron chi connectivity index (χ3n) is 6.17. The molecule has 0 unspecified atom stereocenters. The maximum absolute atomic E-state index is 14.7. The van der Waals surface area contributed by atoms with E-state index < -0.39 is 21.7 Å². The van der Waals surface area contributed by atoms with Crippen LogP contribution in [0.4, 0.5) is 16.0 Å². The molecule has 0 radical (unpaired) electrons. The lowest BCUT2D eigenvalue weighted by molar-refractivity contribution is 0.0981. The first-order valence-electron chi connectivity index (χ1n) is 11.2. The van der Waals surface area contributed by atoms with E-state index in [1.807, 2.05) is 18.7 Å². The van der Waals surface area contributed by atoms with Crippen molar-refractivity contribution in [3.05, 3.63) is 65.6 Å². The SMILES string of the molecule is Cc1ccc(-c2ccc(C(=O)NS(=O)(=O)c3cccnc3N)c(N3C[C@@H](C)CC3(C)C)n2)c(F)c1. The van der Waals surface area contributed by atoms with Crippen molar-refractivity contribution in [2.24, 2.45) is 5.92 Å². The fourth-order valence-corrected chi connectivity index (χ4v) is 5.68. The molecule has 1 aliphatic heterocycles. The number of rotatable bonds is 5. The first-order chi connectivity index (χ1) is 16.4. The zero-order chi connectivity index (χ0) is 25.5. The summed E-state index contributed by atoms with van der Waals surface area (Å²) in [4.78, 5) is 23.4. The molecule has 1 amide bonds. The number of aromatic nitrogens is 2. The number of aryl methyl sites for hydroxylation is 1. The summed E-state index contributed by atoms with van der Waals surface area (Å²) in [5, 5.41) is 0. The molecule has 184 valence electrons. The van der Waals surface area contributed by atoms with Crippen LogP contribution < -0.4 is 15.4 Å². The Kier molecular flexibility index (Phi) is 6.27. The highest BCUT2D eigenvalue weighted by atomic mass is 32.2. The zero-order valence-electron chi connectivity index (χ0n) is 20.0. The summed E-state index contributed by atoms with van der Waals surface area (Å²) in [6.07, 6.45) is 2.21. The summed E-state index contributed by atoms with van der Waals surface area (Å²) in [5.41, 5.74) is 6.85. The monoisotopic (exact) mass is 497 g/mol. The van der Waals surface area contributed by atoms with Gasteiger partial charge in [-0.05, 0) is 75.1 Å². The van der Waals surface area contributed by atoms with Gasteiger partial charge in [0, 0.05) is 23.8 Å². The number of hydrogen-bond donors (Lipinski definition) is 2. The molecule has 0 saturated carbocycles. The van der Waals surface area contributed by atoms with Crippen molar-refractivity contribution >= 4 is 27.6 Å². The number of nitrogens with zero attached hydrogens (tertiary/aromatic N) is 3. The molecule has 4 rings (SSSR count). The van der Waals surface area contributed by atoms with Crippen LogP contribution in [-0.2, 0) is 10.0 Å². The van der Waals surface area contributed by atoms with Crippen LogP contribution in [0.25, 0.3) is 11.3 Å². The van der Waals surface area contributed by atoms with Crippen molar-refractivity contribution in [2.75, 3.05) is 17.2 Å². The van der Waals surface area contributed by atoms with Crippen molar-refractivity contribution < 1.29 is 17.6 Å². The predicted molar refractivity (Wildman–Crippen MR) is 133 cm³/mol. The first-order valence-corrected chi connectivity index (χ1v) is 12.7. The quantitative estimate of drug-likeness (QED) is 0.548. The van der Waals surface area contributed by atoms with Crippen molar-refractivity contribution in [3.63, 3.8) is 0 Å². The van der Waals surface area contributed by atoms with Crippen LogP contribution in [0.2, 0.25) is 0 Å². The number of anilines is 2. The summed E-state index contributed by atoms with van der Waals surface area (Å²) in [5.74, 6) is -0.887. The van der Waals surface area contributed by atoms with Gasteiger partial charge in [0.1, 0.15) is 22.3 Å². The minimum absolute atomic E-state index is 0.0643. The molecule has 10 heteroatoms. The molecule has 35 heavy (non-hydrogen) atoms. The van der Waals surface area contributed by atoms with Gasteiger partial charge in [0.2, 0.25) is 0 Å². The molecule has 1 atom stereocenters. The van der Waals surface area contributed by atoms with Gasteiger partial charge in [-0.1, -0.05) is 13.0 Å². The molecule has 1 aliphatic rings. The minimum Gasteiger partial charge on any atom is -0.383 e. The number of nitrogen functional groups attached to an aromatic ring is 1. The van der Waals surface area contributed by atoms with Crippen LogP contribution in [-0.4, -0.2) is 36.4 Å². The molecule has 1 aromatic carbocycles. The molecular formula is C25H28FN5O3S. The van der Waals surface area contributed by atoms with E-state index >= 15 is 0 Å². The predicted octanol–water partition coefficient (Wildman–Crippen LogP) is 3.92. The van der Waals surface area contributed by atoms with Gasteiger partial charge in [-0.2, -0.15) is 0 Å². The summed E-state index contributed by atoms with van der Waals surface area (Å²) >= 11 is 0. The first kappa shape index (κ1) is 24.6. The van der Waals surface area contributed by atoms with E-state index in [0.29, 0.717) is 29.5 Å². The molecule has 0 spiro atoms. The van der Waals surface area contributed by atoms with Crippen molar-refractivity contribution in [2.45, 2.75) is 44.6 Å². The van der Waals surface area contributed by atoms with E-state index in [1.165, 1.54) is 36.5 Å². The number of benzene rings is 1. The lowest BCUT2D eigenvalue weighted by Gasteiger charge is -2.34. The van der Waals surface area contributed by atoms with Crippen LogP contribution in [0.5, 0.6) is 0 Å². The molecule has 3 N–H and O–H groups in total. The second kappa shape index (κ2) is 8.92. The molecule has 0 bridgehead atoms. The van der Waals surface area contributed by atoms with E-state index in [4.69, 9.17) is 5.73 Å². The van der Waals surface area contributed by atoms with Crippen LogP contribution in [0.15, 0.2) is 53.6 Å². The summed E-state index contributed by atoms with van der Waals surface area (Å²) in [7, 11) is -4.29. The molecule has 0 aliphatic carbocycles. The van der Waals surface area contributed by atoms with Crippen LogP contribution >= 0.6 is 0 Å². The number of carbonyl (C=O) groups is 1. The second-order valence-electron chi connectivity index (χ2n) is 9.60. The normalized spacial score (nSPS) is 17.4. The van der Waals surface area contributed by atoms with E-state index in [9.17, 15) is 17.6 Å². The molecule has 3 heterocycles. The Balaban J connectivity index is 1.80. The van der Waals surface area contributed by atoms with Crippen LogP contribution in [0.3, 0.4) is 0 Å². The Hall–Kier alpha value is -3.53. The number of carbonyl (C=O) groups excluding carboxylic acids is 1. The minimum atomic E-state index is -4.29. The lowest BCUT2D eigenvalue weighted by atomic mass is 9.97. The highest BCUT2D eigenvalue weighted by molar-refractivity contribution is 7.90. The fraction of sp³-hybridized carbons (Fsp3) is 0.320. The Morgan fingerprint density at radius 1 is 1.23 bits per heavy atom. The number of pyridine rings is 2. The number of sulfonamides is 1. The zero-order valence-corrected chi connectivity index (χ0v) is 20.9. The van der Waals surface area contributed by atoms with Gasteiger partial charge < -0.3 is 10.6 Å². The van der Waals surface area contributed by atoms with Crippen molar-refractivity contribution in [1.82, 2.24) is 14.7 Å². The summed E-state index contributed by atoms with van der Waals surface area (Å²) < 4.78 is 42.6. The summed E-state index contributed by atoms with van der Waals surface area (Å²) in [6.45, 7) is 8.57. The Bertz CT molecular complexity index is 1410. The van der Waals surface area contributed by atoms with E-state index in [0.717, 1.165) is 12.0 Å². The highest BCUT2D eigenvalue weighted by Gasteiger charge is 2.39. The second-order valence-corrected chi connectivity index (χ2v) is 11.3. The topological polar surface area (TPSA) is 118 Å². The molecule has 1 fully saturated rings. The van der Waals surface area contributed by atoms with Gasteiger partial charge in [0.05, 0.1) is 11.3 Å². The van der Waals surface area contributed by atoms with Gasteiger partial charge in [0.15, 0.2) is 0 Å². The lowest BCUT2D eigenvalue weighted by Crippen LogP contribution is -2.41. The average molecular weight is 498 g/mol. The number of halogens is 1. The smallest absolute Gasteiger partial charge is 0.268 e. The molecule has 8 nitrogen and oxygen atoms in total. The summed E-state index contributed by atoms with van der Waals surface area (Å²) in [6, 6.07) is 10.5. The number of nitrogens with one attached hydrogen (secondary N) is 1. The maximum atomic E-state index is 14.7. The Morgan fingerprint density at radius 2 is 1.97 bits per heavy atom. The molecule has 1 saturated heterocycles. The van der Waals surface area contributed by atoms with E-state index in [-0.39, 0.29) is 21.8 Å². The molecule has 3 aromatic rings. The van der Waals surface area contributed by atoms with Gasteiger partial charge >= 0.3 is 0 Å². The number of amides is 1. The van der Waals surface area contributed by atoms with Crippen LogP contribution in [0.1, 0.15) is 43.1 Å². The van der Waals surface area contributed by atoms with Crippen molar-refractivity contribution in [3.8, 4) is 11.3 Å². The van der Waals surface area contributed by atoms with Gasteiger partial charge in [-0.3, -0.25) is 4.79 Å². The average Bonchev–Trinajstić information content (AvgIpc) is 3.05. The Morgan fingerprint density at radius 3 is 2.60 bits per heavy atom. The highest BCUT2D eigenvalue weighted by Crippen LogP contribution is 2.38. The van der Waals surface area contributed by atoms with E-state index in [1.54, 1.807) is 19.1 Å². The van der Waals surface area contributed by atoms with Gasteiger partial charge in [-0.15, -0.1) is 0 Å². The maximum Gasteiger partial charge on any atom is 0.268 e. The molecule has 2 aromatic heterocycles. The van der Waals surface area contributed by atoms with Crippen LogP contribution in [0, 0.1) is 18.7 Å². The Labute approximate surface area is 204 Å². The van der Waals surface area contributed by atoms with Gasteiger partial charge in [-0.25, -0.2) is 27.5 Å². The van der Waals surface area contributed by atoms with Crippen molar-refractivity contribution in [1.29, 1.82) is 0 Å². The number of hydrogen-bond acceptors (Lipinski definition) is 7. The van der Waals surface area contributed by atoms with Gasteiger partial charge in [0.25, 0.3) is 15.9 Å². The number of nitrogens with two attached hydrogens (primary N) is 1. The third-order valence-corrected chi connectivity index (χ3v) is 7.54. The standard InChI is InChI=1S/C25H28FN5O3S/c1-15-7-8-17(19(26)12-15)20-10-9-18(23(29-20)31-14-16(2)13-25(31,3)4)24(32)30-35(33,34)21-6-5-11-28-22(21)27/h5-12,16H,13-14H2,1-4H3,(H2,27,28)(H,30,32)/t16-/m0/s1. The van der Waals surface area contributed by atoms with E-state index in [2.05, 4.69) is 21.6 Å². The third kappa shape index (κ3) is 4.84. The fourth-order valence-electron chi connectivity index (χ4n) is 4.63.